The molecule has 0 bridgehead atoms. The zero-order valence-electron chi connectivity index (χ0n) is 20.4. The standard InChI is InChI=1S/C29H19BrN4O3S/c1-15-7-9-17(10-8-15)14-33-21-12-11-18(30)13-20(21)23(27(33)35)25-28(36)34-29(38-25)31-26(32-34)24-16(2)19-5-3-4-6-22(19)37-24/h3-13H,14H2,1-2H3. The van der Waals surface area contributed by atoms with Crippen LogP contribution >= 0.6 is 27.3 Å². The van der Waals surface area contributed by atoms with Gasteiger partial charge in [-0.1, -0.05) is 75.3 Å². The molecule has 186 valence electrons. The van der Waals surface area contributed by atoms with Crippen molar-refractivity contribution in [1.29, 1.82) is 0 Å². The van der Waals surface area contributed by atoms with Crippen molar-refractivity contribution in [3.05, 3.63) is 108 Å². The highest BCUT2D eigenvalue weighted by Crippen LogP contribution is 2.38. The summed E-state index contributed by atoms with van der Waals surface area (Å²) in [6.45, 7) is 4.38. The first kappa shape index (κ1) is 23.1. The number of hydrogen-bond donors (Lipinski definition) is 0. The van der Waals surface area contributed by atoms with E-state index in [2.05, 4.69) is 26.0 Å². The summed E-state index contributed by atoms with van der Waals surface area (Å²) < 4.78 is 8.42. The number of para-hydroxylation sites is 1. The molecular weight excluding hydrogens is 564 g/mol. The Hall–Kier alpha value is -4.08. The lowest BCUT2D eigenvalue weighted by Crippen LogP contribution is -2.32. The van der Waals surface area contributed by atoms with Crippen LogP contribution in [0.1, 0.15) is 22.3 Å². The van der Waals surface area contributed by atoms with E-state index in [0.717, 1.165) is 37.8 Å². The average Bonchev–Trinajstić information content (AvgIpc) is 3.62. The molecule has 3 aromatic heterocycles. The van der Waals surface area contributed by atoms with Gasteiger partial charge in [-0.3, -0.25) is 9.59 Å². The zero-order valence-corrected chi connectivity index (χ0v) is 22.8. The Morgan fingerprint density at radius 1 is 1.00 bits per heavy atom. The van der Waals surface area contributed by atoms with E-state index in [1.165, 1.54) is 15.9 Å². The molecule has 38 heavy (non-hydrogen) atoms. The number of aryl methyl sites for hydroxylation is 2. The van der Waals surface area contributed by atoms with Crippen LogP contribution in [0.4, 0.5) is 5.69 Å². The van der Waals surface area contributed by atoms with E-state index >= 15 is 0 Å². The van der Waals surface area contributed by atoms with Gasteiger partial charge in [0.1, 0.15) is 10.1 Å². The van der Waals surface area contributed by atoms with Crippen molar-refractivity contribution in [2.24, 2.45) is 0 Å². The third-order valence-corrected chi connectivity index (χ3v) is 8.39. The smallest absolute Gasteiger partial charge is 0.291 e. The molecule has 3 aromatic carbocycles. The first-order valence-electron chi connectivity index (χ1n) is 12.0. The van der Waals surface area contributed by atoms with Crippen molar-refractivity contribution in [1.82, 2.24) is 14.6 Å². The molecule has 0 radical (unpaired) electrons. The van der Waals surface area contributed by atoms with Crippen molar-refractivity contribution in [3.8, 4) is 11.6 Å². The van der Waals surface area contributed by atoms with Gasteiger partial charge in [-0.2, -0.15) is 9.50 Å². The monoisotopic (exact) mass is 582 g/mol. The molecule has 4 heterocycles. The molecule has 1 amide bonds. The molecule has 0 saturated heterocycles. The second kappa shape index (κ2) is 8.47. The molecule has 0 N–H and O–H groups in total. The van der Waals surface area contributed by atoms with Crippen LogP contribution in [0, 0.1) is 13.8 Å². The van der Waals surface area contributed by atoms with Crippen LogP contribution in [0.15, 0.2) is 80.4 Å². The maximum Gasteiger partial charge on any atom is 0.291 e. The van der Waals surface area contributed by atoms with Gasteiger partial charge in [0, 0.05) is 21.0 Å². The molecule has 7 nitrogen and oxygen atoms in total. The summed E-state index contributed by atoms with van der Waals surface area (Å²) in [7, 11) is 0. The van der Waals surface area contributed by atoms with E-state index < -0.39 is 0 Å². The van der Waals surface area contributed by atoms with E-state index in [1.807, 2.05) is 80.6 Å². The first-order chi connectivity index (χ1) is 18.4. The van der Waals surface area contributed by atoms with Crippen molar-refractivity contribution < 1.29 is 9.21 Å². The maximum atomic E-state index is 13.8. The number of carbonyl (C=O) groups is 1. The van der Waals surface area contributed by atoms with Gasteiger partial charge < -0.3 is 9.32 Å². The fraction of sp³-hybridized carbons (Fsp3) is 0.103. The van der Waals surface area contributed by atoms with Crippen LogP contribution in [0.25, 0.3) is 33.1 Å². The number of aromatic nitrogens is 3. The van der Waals surface area contributed by atoms with Crippen molar-refractivity contribution in [2.75, 3.05) is 4.90 Å². The van der Waals surface area contributed by atoms with E-state index in [-0.39, 0.29) is 11.5 Å². The predicted octanol–water partition coefficient (Wildman–Crippen LogP) is 5.41. The van der Waals surface area contributed by atoms with Crippen LogP contribution in [0.5, 0.6) is 0 Å². The number of furan rings is 1. The van der Waals surface area contributed by atoms with Crippen LogP contribution in [0.2, 0.25) is 0 Å². The summed E-state index contributed by atoms with van der Waals surface area (Å²) in [6.07, 6.45) is 0. The number of anilines is 1. The molecule has 0 aliphatic carbocycles. The van der Waals surface area contributed by atoms with E-state index in [0.29, 0.717) is 38.8 Å². The lowest BCUT2D eigenvalue weighted by atomic mass is 10.1. The third-order valence-electron chi connectivity index (χ3n) is 6.87. The van der Waals surface area contributed by atoms with Gasteiger partial charge in [-0.05, 0) is 43.7 Å². The molecule has 9 heteroatoms. The fourth-order valence-electron chi connectivity index (χ4n) is 4.92. The van der Waals surface area contributed by atoms with Crippen LogP contribution in [-0.2, 0) is 11.3 Å². The first-order valence-corrected chi connectivity index (χ1v) is 13.6. The fourth-order valence-corrected chi connectivity index (χ4v) is 6.28. The van der Waals surface area contributed by atoms with Crippen molar-refractivity contribution in [3.63, 3.8) is 0 Å². The zero-order chi connectivity index (χ0) is 26.1. The lowest BCUT2D eigenvalue weighted by molar-refractivity contribution is -0.113. The number of fused-ring (bicyclic) bond motifs is 3. The summed E-state index contributed by atoms with van der Waals surface area (Å²) in [6, 6.07) is 21.5. The molecule has 6 aromatic rings. The van der Waals surface area contributed by atoms with Gasteiger partial charge in [-0.15, -0.1) is 5.10 Å². The number of rotatable bonds is 3. The van der Waals surface area contributed by atoms with Gasteiger partial charge in [-0.25, -0.2) is 0 Å². The predicted molar refractivity (Wildman–Crippen MR) is 151 cm³/mol. The number of carbonyl (C=O) groups excluding carboxylic acids is 1. The summed E-state index contributed by atoms with van der Waals surface area (Å²) >= 11 is 4.69. The number of nitrogens with zero attached hydrogens (tertiary/aromatic N) is 4. The number of thiazole rings is 1. The van der Waals surface area contributed by atoms with Gasteiger partial charge in [0.2, 0.25) is 10.8 Å². The third kappa shape index (κ3) is 3.46. The Morgan fingerprint density at radius 2 is 1.79 bits per heavy atom. The molecule has 0 unspecified atom stereocenters. The normalized spacial score (nSPS) is 14.7. The lowest BCUT2D eigenvalue weighted by Gasteiger charge is -2.17. The number of hydrogen-bond acceptors (Lipinski definition) is 6. The minimum absolute atomic E-state index is 0.214. The second-order valence-electron chi connectivity index (χ2n) is 9.33. The van der Waals surface area contributed by atoms with Gasteiger partial charge in [0.25, 0.3) is 11.5 Å². The molecule has 1 aliphatic heterocycles. The number of amides is 1. The molecule has 7 rings (SSSR count). The largest absolute Gasteiger partial charge is 0.452 e. The maximum absolute atomic E-state index is 13.8. The average molecular weight is 583 g/mol. The highest BCUT2D eigenvalue weighted by Gasteiger charge is 2.35. The highest BCUT2D eigenvalue weighted by atomic mass is 79.9. The molecule has 0 fully saturated rings. The van der Waals surface area contributed by atoms with Gasteiger partial charge in [0.05, 0.1) is 17.8 Å². The molecule has 1 aliphatic rings. The Balaban J connectivity index is 1.38. The van der Waals surface area contributed by atoms with E-state index in [9.17, 15) is 9.59 Å². The number of benzene rings is 3. The topological polar surface area (TPSA) is 80.7 Å². The Kier molecular flexibility index (Phi) is 5.14. The summed E-state index contributed by atoms with van der Waals surface area (Å²) in [5.41, 5.74) is 5.30. The van der Waals surface area contributed by atoms with Crippen LogP contribution < -0.4 is 15.0 Å². The van der Waals surface area contributed by atoms with Crippen LogP contribution in [-0.4, -0.2) is 20.5 Å². The van der Waals surface area contributed by atoms with E-state index in [4.69, 9.17) is 4.42 Å². The summed E-state index contributed by atoms with van der Waals surface area (Å²) in [5.74, 6) is 0.667. The highest BCUT2D eigenvalue weighted by molar-refractivity contribution is 9.10. The van der Waals surface area contributed by atoms with Crippen LogP contribution in [0.3, 0.4) is 0 Å². The quantitative estimate of drug-likeness (QED) is 0.279. The SMILES string of the molecule is Cc1ccc(CN2C(=O)C(=c3sc4nc(-c5oc6ccccc6c5C)nn4c3=O)c3cc(Br)ccc32)cc1. The minimum atomic E-state index is -0.371. The Morgan fingerprint density at radius 3 is 2.55 bits per heavy atom. The molecular formula is C29H19BrN4O3S. The minimum Gasteiger partial charge on any atom is -0.452 e. The summed E-state index contributed by atoms with van der Waals surface area (Å²) in [5, 5.41) is 5.46. The molecule has 0 atom stereocenters. The van der Waals surface area contributed by atoms with Crippen molar-refractivity contribution >= 4 is 60.4 Å². The Bertz CT molecular complexity index is 2040. The van der Waals surface area contributed by atoms with E-state index in [1.54, 1.807) is 4.90 Å². The second-order valence-corrected chi connectivity index (χ2v) is 11.2. The van der Waals surface area contributed by atoms with Gasteiger partial charge in [0.15, 0.2) is 5.76 Å². The van der Waals surface area contributed by atoms with Crippen molar-refractivity contribution in [2.45, 2.75) is 20.4 Å². The molecule has 0 saturated carbocycles. The summed E-state index contributed by atoms with van der Waals surface area (Å²) in [4.78, 5) is 34.2. The molecule has 0 spiro atoms. The van der Waals surface area contributed by atoms with Gasteiger partial charge >= 0.3 is 0 Å². The Labute approximate surface area is 228 Å². The number of halogens is 1.